The molecule has 4 N–H and O–H groups in total. The number of benzene rings is 2. The summed E-state index contributed by atoms with van der Waals surface area (Å²) >= 11 is 0. The topological polar surface area (TPSA) is 125 Å². The summed E-state index contributed by atoms with van der Waals surface area (Å²) in [5.74, 6) is -0.693. The van der Waals surface area contributed by atoms with E-state index in [0.29, 0.717) is 11.3 Å². The predicted octanol–water partition coefficient (Wildman–Crippen LogP) is 1.53. The lowest BCUT2D eigenvalue weighted by atomic mass is 10.1. The Labute approximate surface area is 156 Å². The number of carbonyl (C=O) groups is 2. The fourth-order valence-electron chi connectivity index (χ4n) is 2.67. The van der Waals surface area contributed by atoms with Gasteiger partial charge in [-0.1, -0.05) is 18.2 Å². The number of nitrogens with two attached hydrogens (primary N) is 1. The fourth-order valence-corrected chi connectivity index (χ4v) is 3.19. The van der Waals surface area contributed by atoms with Gasteiger partial charge in [0.25, 0.3) is 5.91 Å². The first-order valence-electron chi connectivity index (χ1n) is 8.00. The summed E-state index contributed by atoms with van der Waals surface area (Å²) < 4.78 is 22.5. The molecule has 0 saturated heterocycles. The van der Waals surface area contributed by atoms with Crippen molar-refractivity contribution in [3.8, 4) is 0 Å². The number of aromatic amines is 1. The molecule has 1 heterocycles. The number of carbonyl (C=O) groups excluding carboxylic acids is 2. The fraction of sp³-hybridized carbons (Fsp3) is 0.111. The number of fused-ring (bicyclic) bond motifs is 1. The number of amides is 2. The number of aromatic nitrogens is 1. The minimum Gasteiger partial charge on any atom is -0.360 e. The molecule has 1 aromatic heterocycles. The molecule has 0 aliphatic carbocycles. The maximum atomic E-state index is 12.6. The van der Waals surface area contributed by atoms with E-state index in [1.54, 1.807) is 6.20 Å². The van der Waals surface area contributed by atoms with Crippen molar-refractivity contribution in [2.45, 2.75) is 4.90 Å². The predicted molar refractivity (Wildman–Crippen MR) is 102 cm³/mol. The maximum absolute atomic E-state index is 12.6. The molecule has 9 heteroatoms. The second-order valence-electron chi connectivity index (χ2n) is 6.03. The first-order valence-corrected chi connectivity index (χ1v) is 9.54. The minimum atomic E-state index is -3.79. The van der Waals surface area contributed by atoms with E-state index >= 15 is 0 Å². The number of anilines is 1. The zero-order valence-corrected chi connectivity index (χ0v) is 15.3. The molecule has 0 radical (unpaired) electrons. The second-order valence-corrected chi connectivity index (χ2v) is 7.59. The van der Waals surface area contributed by atoms with Gasteiger partial charge in [0.2, 0.25) is 15.9 Å². The Morgan fingerprint density at radius 3 is 2.44 bits per heavy atom. The van der Waals surface area contributed by atoms with Gasteiger partial charge in [-0.05, 0) is 30.3 Å². The molecule has 0 aliphatic rings. The Balaban J connectivity index is 1.66. The number of rotatable bonds is 5. The number of sulfonamides is 1. The summed E-state index contributed by atoms with van der Waals surface area (Å²) in [7, 11) is -2.25. The smallest absolute Gasteiger partial charge is 0.256 e. The molecule has 27 heavy (non-hydrogen) atoms. The number of H-pyrrole nitrogens is 1. The molecule has 2 aromatic carbocycles. The van der Waals surface area contributed by atoms with E-state index in [4.69, 9.17) is 5.14 Å². The van der Waals surface area contributed by atoms with Crippen LogP contribution in [0.25, 0.3) is 10.9 Å². The molecule has 3 rings (SSSR count). The van der Waals surface area contributed by atoms with Crippen LogP contribution in [0.3, 0.4) is 0 Å². The van der Waals surface area contributed by atoms with Gasteiger partial charge < -0.3 is 15.2 Å². The van der Waals surface area contributed by atoms with Crippen LogP contribution < -0.4 is 10.5 Å². The van der Waals surface area contributed by atoms with Crippen LogP contribution in [-0.2, 0) is 14.8 Å². The first kappa shape index (κ1) is 18.6. The highest BCUT2D eigenvalue weighted by atomic mass is 32.2. The molecule has 3 aromatic rings. The molecule has 0 aliphatic heterocycles. The lowest BCUT2D eigenvalue weighted by Crippen LogP contribution is -2.34. The van der Waals surface area contributed by atoms with Crippen molar-refractivity contribution >= 4 is 38.4 Å². The molecule has 0 bridgehead atoms. The second kappa shape index (κ2) is 7.22. The van der Waals surface area contributed by atoms with Crippen LogP contribution >= 0.6 is 0 Å². The molecule has 0 fully saturated rings. The summed E-state index contributed by atoms with van der Waals surface area (Å²) in [6, 6.07) is 12.9. The van der Waals surface area contributed by atoms with Crippen molar-refractivity contribution in [3.63, 3.8) is 0 Å². The normalized spacial score (nSPS) is 11.3. The van der Waals surface area contributed by atoms with Crippen LogP contribution in [0.15, 0.2) is 59.6 Å². The Kier molecular flexibility index (Phi) is 4.98. The number of para-hydroxylation sites is 1. The molecular weight excluding hydrogens is 368 g/mol. The summed E-state index contributed by atoms with van der Waals surface area (Å²) in [5, 5.41) is 8.43. The third-order valence-electron chi connectivity index (χ3n) is 4.01. The lowest BCUT2D eigenvalue weighted by Gasteiger charge is -2.16. The number of hydrogen-bond acceptors (Lipinski definition) is 4. The Bertz CT molecular complexity index is 1100. The van der Waals surface area contributed by atoms with E-state index in [1.165, 1.54) is 36.2 Å². The first-order chi connectivity index (χ1) is 12.8. The summed E-state index contributed by atoms with van der Waals surface area (Å²) in [5.41, 5.74) is 1.73. The van der Waals surface area contributed by atoms with Gasteiger partial charge in [0, 0.05) is 29.8 Å². The number of primary sulfonamides is 1. The Morgan fingerprint density at radius 2 is 1.78 bits per heavy atom. The highest BCUT2D eigenvalue weighted by Crippen LogP contribution is 2.19. The van der Waals surface area contributed by atoms with Crippen molar-refractivity contribution in [3.05, 3.63) is 60.3 Å². The maximum Gasteiger partial charge on any atom is 0.256 e. The van der Waals surface area contributed by atoms with Crippen LogP contribution in [0.1, 0.15) is 10.4 Å². The van der Waals surface area contributed by atoms with Crippen LogP contribution in [0.2, 0.25) is 0 Å². The van der Waals surface area contributed by atoms with Gasteiger partial charge in [-0.15, -0.1) is 0 Å². The Morgan fingerprint density at radius 1 is 1.11 bits per heavy atom. The van der Waals surface area contributed by atoms with Crippen LogP contribution in [-0.4, -0.2) is 43.7 Å². The quantitative estimate of drug-likeness (QED) is 0.615. The molecular formula is C18H18N4O4S. The zero-order chi connectivity index (χ0) is 19.6. The summed E-state index contributed by atoms with van der Waals surface area (Å²) in [6.07, 6.45) is 1.62. The standard InChI is InChI=1S/C18H18N4O4S/c1-22(18(24)15-10-20-16-5-3-2-4-14(15)16)11-17(23)21-12-6-8-13(9-7-12)27(19,25)26/h2-10,20H,11H2,1H3,(H,21,23)(H2,19,25,26). The van der Waals surface area contributed by atoms with Gasteiger partial charge in [-0.3, -0.25) is 9.59 Å². The van der Waals surface area contributed by atoms with Crippen molar-refractivity contribution in [2.75, 3.05) is 18.9 Å². The molecule has 0 unspecified atom stereocenters. The van der Waals surface area contributed by atoms with Gasteiger partial charge in [0.1, 0.15) is 0 Å². The molecule has 0 saturated carbocycles. The zero-order valence-electron chi connectivity index (χ0n) is 14.5. The van der Waals surface area contributed by atoms with Crippen molar-refractivity contribution in [1.82, 2.24) is 9.88 Å². The number of hydrogen-bond donors (Lipinski definition) is 3. The van der Waals surface area contributed by atoms with E-state index < -0.39 is 15.9 Å². The average Bonchev–Trinajstić information content (AvgIpc) is 3.04. The highest BCUT2D eigenvalue weighted by molar-refractivity contribution is 7.89. The SMILES string of the molecule is CN(CC(=O)Nc1ccc(S(N)(=O)=O)cc1)C(=O)c1c[nH]c2ccccc12. The van der Waals surface area contributed by atoms with E-state index in [9.17, 15) is 18.0 Å². The molecule has 8 nitrogen and oxygen atoms in total. The summed E-state index contributed by atoms with van der Waals surface area (Å²) in [6.45, 7) is -0.157. The number of likely N-dealkylation sites (N-methyl/N-ethyl adjacent to an activating group) is 1. The van der Waals surface area contributed by atoms with E-state index in [2.05, 4.69) is 10.3 Å². The van der Waals surface area contributed by atoms with Gasteiger partial charge in [0.15, 0.2) is 0 Å². The molecule has 140 valence electrons. The Hall–Kier alpha value is -3.17. The van der Waals surface area contributed by atoms with E-state index in [0.717, 1.165) is 10.9 Å². The van der Waals surface area contributed by atoms with E-state index in [1.807, 2.05) is 24.3 Å². The van der Waals surface area contributed by atoms with Crippen molar-refractivity contribution < 1.29 is 18.0 Å². The molecule has 0 spiro atoms. The highest BCUT2D eigenvalue weighted by Gasteiger charge is 2.18. The van der Waals surface area contributed by atoms with Gasteiger partial charge >= 0.3 is 0 Å². The minimum absolute atomic E-state index is 0.0490. The lowest BCUT2D eigenvalue weighted by molar-refractivity contribution is -0.116. The van der Waals surface area contributed by atoms with E-state index in [-0.39, 0.29) is 17.3 Å². The van der Waals surface area contributed by atoms with Crippen LogP contribution in [0, 0.1) is 0 Å². The largest absolute Gasteiger partial charge is 0.360 e. The number of nitrogens with one attached hydrogen (secondary N) is 2. The monoisotopic (exact) mass is 386 g/mol. The third-order valence-corrected chi connectivity index (χ3v) is 4.94. The van der Waals surface area contributed by atoms with Crippen LogP contribution in [0.5, 0.6) is 0 Å². The molecule has 2 amide bonds. The van der Waals surface area contributed by atoms with Gasteiger partial charge in [0.05, 0.1) is 17.0 Å². The summed E-state index contributed by atoms with van der Waals surface area (Å²) in [4.78, 5) is 29.1. The molecule has 0 atom stereocenters. The van der Waals surface area contributed by atoms with Gasteiger partial charge in [-0.2, -0.15) is 0 Å². The van der Waals surface area contributed by atoms with Crippen molar-refractivity contribution in [1.29, 1.82) is 0 Å². The van der Waals surface area contributed by atoms with Gasteiger partial charge in [-0.25, -0.2) is 13.6 Å². The van der Waals surface area contributed by atoms with Crippen LogP contribution in [0.4, 0.5) is 5.69 Å². The third kappa shape index (κ3) is 4.15. The van der Waals surface area contributed by atoms with Crippen molar-refractivity contribution in [2.24, 2.45) is 5.14 Å². The number of nitrogens with zero attached hydrogens (tertiary/aromatic N) is 1. The average molecular weight is 386 g/mol.